The molecule has 6 heteroatoms. The van der Waals surface area contributed by atoms with Crippen LogP contribution in [0.15, 0.2) is 36.5 Å². The molecule has 0 saturated carbocycles. The maximum atomic E-state index is 12.8. The average molecular weight is 984 g/mol. The molecule has 0 aromatic carbocycles. The van der Waals surface area contributed by atoms with Gasteiger partial charge in [0, 0.05) is 19.3 Å². The monoisotopic (exact) mass is 983 g/mol. The second kappa shape index (κ2) is 59.2. The molecule has 70 heavy (non-hydrogen) atoms. The minimum atomic E-state index is -0.776. The lowest BCUT2D eigenvalue weighted by atomic mass is 10.0. The Morgan fingerprint density at radius 1 is 0.271 bits per heavy atom. The molecule has 0 radical (unpaired) electrons. The van der Waals surface area contributed by atoms with E-state index in [0.29, 0.717) is 19.3 Å². The van der Waals surface area contributed by atoms with Crippen molar-refractivity contribution in [1.82, 2.24) is 0 Å². The van der Waals surface area contributed by atoms with Gasteiger partial charge in [0.15, 0.2) is 6.10 Å². The molecule has 0 saturated heterocycles. The number of unbranched alkanes of at least 4 members (excludes halogenated alkanes) is 40. The van der Waals surface area contributed by atoms with Gasteiger partial charge in [0.25, 0.3) is 0 Å². The molecule has 0 aromatic rings. The SMILES string of the molecule is CCCC/C=C\CCCCCCCC(=O)OCC(COC(=O)CCCCCCCCCCCCCCCCCCC/C=C\CCCCCCCCCC)OC(=O)CCCCCCC/C=C\CCCCC. The molecule has 410 valence electrons. The highest BCUT2D eigenvalue weighted by molar-refractivity contribution is 5.71. The molecule has 0 amide bonds. The number of hydrogen-bond acceptors (Lipinski definition) is 6. The first-order valence-electron chi connectivity index (χ1n) is 31.0. The molecule has 1 unspecified atom stereocenters. The third-order valence-electron chi connectivity index (χ3n) is 13.8. The molecule has 1 atom stereocenters. The minimum absolute atomic E-state index is 0.0750. The molecule has 0 rings (SSSR count). The molecule has 0 aliphatic heterocycles. The number of carbonyl (C=O) groups excluding carboxylic acids is 3. The third-order valence-corrected chi connectivity index (χ3v) is 13.8. The zero-order chi connectivity index (χ0) is 50.7. The van der Waals surface area contributed by atoms with Crippen molar-refractivity contribution in [2.45, 2.75) is 341 Å². The van der Waals surface area contributed by atoms with Gasteiger partial charge in [-0.15, -0.1) is 0 Å². The largest absolute Gasteiger partial charge is 0.462 e. The summed E-state index contributed by atoms with van der Waals surface area (Å²) in [5.74, 6) is -0.879. The van der Waals surface area contributed by atoms with Crippen LogP contribution >= 0.6 is 0 Å². The summed E-state index contributed by atoms with van der Waals surface area (Å²) in [4.78, 5) is 38.1. The average Bonchev–Trinajstić information content (AvgIpc) is 3.36. The lowest BCUT2D eigenvalue weighted by Gasteiger charge is -2.18. The fraction of sp³-hybridized carbons (Fsp3) is 0.859. The van der Waals surface area contributed by atoms with Crippen LogP contribution in [0.2, 0.25) is 0 Å². The number of ether oxygens (including phenoxy) is 3. The van der Waals surface area contributed by atoms with Crippen molar-refractivity contribution in [1.29, 1.82) is 0 Å². The summed E-state index contributed by atoms with van der Waals surface area (Å²) in [5, 5.41) is 0. The number of rotatable bonds is 57. The lowest BCUT2D eigenvalue weighted by molar-refractivity contribution is -0.167. The predicted molar refractivity (Wildman–Crippen MR) is 302 cm³/mol. The van der Waals surface area contributed by atoms with Gasteiger partial charge in [0.1, 0.15) is 13.2 Å². The Labute approximate surface area is 435 Å². The lowest BCUT2D eigenvalue weighted by Crippen LogP contribution is -2.30. The third kappa shape index (κ3) is 56.5. The van der Waals surface area contributed by atoms with E-state index in [1.54, 1.807) is 0 Å². The van der Waals surface area contributed by atoms with E-state index in [1.807, 2.05) is 0 Å². The van der Waals surface area contributed by atoms with E-state index >= 15 is 0 Å². The van der Waals surface area contributed by atoms with Gasteiger partial charge in [-0.25, -0.2) is 0 Å². The highest BCUT2D eigenvalue weighted by atomic mass is 16.6. The molecular weight excluding hydrogens is 865 g/mol. The highest BCUT2D eigenvalue weighted by Crippen LogP contribution is 2.17. The first-order chi connectivity index (χ1) is 34.5. The molecule has 0 N–H and O–H groups in total. The Balaban J connectivity index is 4.08. The van der Waals surface area contributed by atoms with Crippen molar-refractivity contribution in [3.63, 3.8) is 0 Å². The highest BCUT2D eigenvalue weighted by Gasteiger charge is 2.19. The van der Waals surface area contributed by atoms with Crippen LogP contribution in [-0.2, 0) is 28.6 Å². The van der Waals surface area contributed by atoms with Crippen LogP contribution in [-0.4, -0.2) is 37.2 Å². The predicted octanol–water partition coefficient (Wildman–Crippen LogP) is 20.8. The summed E-state index contributed by atoms with van der Waals surface area (Å²) in [6.45, 7) is 6.60. The van der Waals surface area contributed by atoms with Gasteiger partial charge in [-0.05, 0) is 89.9 Å². The molecule has 0 fully saturated rings. The minimum Gasteiger partial charge on any atom is -0.462 e. The van der Waals surface area contributed by atoms with E-state index in [-0.39, 0.29) is 31.1 Å². The molecule has 0 aromatic heterocycles. The van der Waals surface area contributed by atoms with E-state index in [1.165, 1.54) is 218 Å². The van der Waals surface area contributed by atoms with Gasteiger partial charge in [-0.2, -0.15) is 0 Å². The maximum Gasteiger partial charge on any atom is 0.306 e. The summed E-state index contributed by atoms with van der Waals surface area (Å²) in [6, 6.07) is 0. The van der Waals surface area contributed by atoms with Crippen LogP contribution in [0.3, 0.4) is 0 Å². The Morgan fingerprint density at radius 3 is 0.786 bits per heavy atom. The van der Waals surface area contributed by atoms with Crippen molar-refractivity contribution in [3.8, 4) is 0 Å². The van der Waals surface area contributed by atoms with Gasteiger partial charge in [-0.3, -0.25) is 14.4 Å². The maximum absolute atomic E-state index is 12.8. The second-order valence-electron chi connectivity index (χ2n) is 21.0. The Bertz CT molecular complexity index is 1170. The molecule has 0 aliphatic rings. The molecule has 0 spiro atoms. The quantitative estimate of drug-likeness (QED) is 0.0261. The van der Waals surface area contributed by atoms with E-state index in [0.717, 1.165) is 77.0 Å². The number of hydrogen-bond donors (Lipinski definition) is 0. The molecular formula is C64H118O6. The topological polar surface area (TPSA) is 78.9 Å². The fourth-order valence-corrected chi connectivity index (χ4v) is 9.12. The van der Waals surface area contributed by atoms with Crippen LogP contribution in [0.25, 0.3) is 0 Å². The summed E-state index contributed by atoms with van der Waals surface area (Å²) in [6.07, 6.45) is 71.7. The summed E-state index contributed by atoms with van der Waals surface area (Å²) in [5.41, 5.74) is 0. The smallest absolute Gasteiger partial charge is 0.306 e. The molecule has 0 heterocycles. The van der Waals surface area contributed by atoms with Gasteiger partial charge >= 0.3 is 17.9 Å². The van der Waals surface area contributed by atoms with Crippen LogP contribution in [0.5, 0.6) is 0 Å². The normalized spacial score (nSPS) is 12.2. The first-order valence-corrected chi connectivity index (χ1v) is 31.0. The molecule has 6 nitrogen and oxygen atoms in total. The van der Waals surface area contributed by atoms with E-state index in [9.17, 15) is 14.4 Å². The van der Waals surface area contributed by atoms with Crippen molar-refractivity contribution in [3.05, 3.63) is 36.5 Å². The van der Waals surface area contributed by atoms with Crippen LogP contribution in [0.1, 0.15) is 335 Å². The first kappa shape index (κ1) is 67.6. The van der Waals surface area contributed by atoms with Gasteiger partial charge < -0.3 is 14.2 Å². The van der Waals surface area contributed by atoms with Gasteiger partial charge in [0.05, 0.1) is 0 Å². The summed E-state index contributed by atoms with van der Waals surface area (Å²) in [7, 11) is 0. The van der Waals surface area contributed by atoms with Crippen LogP contribution in [0.4, 0.5) is 0 Å². The Hall–Kier alpha value is -2.37. The van der Waals surface area contributed by atoms with Crippen LogP contribution in [0, 0.1) is 0 Å². The number of esters is 3. The van der Waals surface area contributed by atoms with Gasteiger partial charge in [-0.1, -0.05) is 263 Å². The summed E-state index contributed by atoms with van der Waals surface area (Å²) >= 11 is 0. The zero-order valence-electron chi connectivity index (χ0n) is 47.1. The van der Waals surface area contributed by atoms with Crippen molar-refractivity contribution >= 4 is 17.9 Å². The standard InChI is InChI=1S/C64H118O6/c1-4-7-10-13-16-19-22-24-25-26-27-28-29-30-31-32-33-34-35-36-37-38-39-40-43-45-48-51-54-57-63(66)69-60-61(59-68-62(65)56-53-50-47-44-41-21-18-15-12-9-6-3)70-64(67)58-55-52-49-46-42-23-20-17-14-11-8-5-2/h15,17-18,20,26-27,61H,4-14,16,19,21-25,28-60H2,1-3H3/b18-15-,20-17-,27-26-. The van der Waals surface area contributed by atoms with E-state index < -0.39 is 6.10 Å². The van der Waals surface area contributed by atoms with Crippen molar-refractivity contribution in [2.24, 2.45) is 0 Å². The van der Waals surface area contributed by atoms with E-state index in [2.05, 4.69) is 57.2 Å². The Morgan fingerprint density at radius 2 is 0.486 bits per heavy atom. The Kier molecular flexibility index (Phi) is 57.2. The summed E-state index contributed by atoms with van der Waals surface area (Å²) < 4.78 is 16.8. The second-order valence-corrected chi connectivity index (χ2v) is 21.0. The van der Waals surface area contributed by atoms with Crippen LogP contribution < -0.4 is 0 Å². The fourth-order valence-electron chi connectivity index (χ4n) is 9.12. The van der Waals surface area contributed by atoms with E-state index in [4.69, 9.17) is 14.2 Å². The number of carbonyl (C=O) groups is 3. The zero-order valence-corrected chi connectivity index (χ0v) is 47.1. The van der Waals surface area contributed by atoms with Crippen molar-refractivity contribution < 1.29 is 28.6 Å². The van der Waals surface area contributed by atoms with Gasteiger partial charge in [0.2, 0.25) is 0 Å². The number of allylic oxidation sites excluding steroid dienone is 6. The molecule has 0 aliphatic carbocycles. The molecule has 0 bridgehead atoms. The van der Waals surface area contributed by atoms with Crippen molar-refractivity contribution in [2.75, 3.05) is 13.2 Å².